The lowest BCUT2D eigenvalue weighted by Gasteiger charge is -2.34. The summed E-state index contributed by atoms with van der Waals surface area (Å²) >= 11 is 0. The van der Waals surface area contributed by atoms with E-state index in [1.54, 1.807) is 0 Å². The molecule has 66 valence electrons. The molecular formula is C10H14O2. The fourth-order valence-electron chi connectivity index (χ4n) is 3.96. The topological polar surface area (TPSA) is 37.3 Å². The van der Waals surface area contributed by atoms with Crippen molar-refractivity contribution in [3.8, 4) is 0 Å². The molecule has 0 amide bonds. The van der Waals surface area contributed by atoms with Crippen LogP contribution >= 0.6 is 0 Å². The van der Waals surface area contributed by atoms with E-state index in [4.69, 9.17) is 0 Å². The molecule has 4 bridgehead atoms. The van der Waals surface area contributed by atoms with Gasteiger partial charge >= 0.3 is 0 Å². The summed E-state index contributed by atoms with van der Waals surface area (Å²) in [5, 5.41) is 9.35. The van der Waals surface area contributed by atoms with Gasteiger partial charge in [-0.15, -0.1) is 0 Å². The predicted octanol–water partition coefficient (Wildman–Crippen LogP) is 0.840. The smallest absolute Gasteiger partial charge is 0.143 e. The van der Waals surface area contributed by atoms with Crippen LogP contribution in [0.4, 0.5) is 0 Å². The Morgan fingerprint density at radius 1 is 1.58 bits per heavy atom. The molecule has 4 aliphatic rings. The van der Waals surface area contributed by atoms with Gasteiger partial charge in [0.05, 0.1) is 0 Å². The van der Waals surface area contributed by atoms with Gasteiger partial charge in [0.15, 0.2) is 0 Å². The summed E-state index contributed by atoms with van der Waals surface area (Å²) in [5.41, 5.74) is -0.263. The molecule has 0 aromatic carbocycles. The third-order valence-electron chi connectivity index (χ3n) is 4.98. The molecule has 1 N–H and O–H groups in total. The van der Waals surface area contributed by atoms with E-state index >= 15 is 0 Å². The highest BCUT2D eigenvalue weighted by molar-refractivity contribution is 5.97. The highest BCUT2D eigenvalue weighted by Crippen LogP contribution is 2.81. The molecule has 4 saturated carbocycles. The molecule has 0 aromatic rings. The molecule has 12 heavy (non-hydrogen) atoms. The number of hydrogen-bond donors (Lipinski definition) is 1. The molecule has 5 atom stereocenters. The first-order valence-electron chi connectivity index (χ1n) is 4.71. The maximum absolute atomic E-state index is 11.8. The number of Topliss-reactive ketones (excluding diaryl/α,β-unsaturated/α-hetero) is 1. The molecule has 2 nitrogen and oxygen atoms in total. The molecule has 2 unspecified atom stereocenters. The Labute approximate surface area is 72.0 Å². The summed E-state index contributed by atoms with van der Waals surface area (Å²) in [7, 11) is 0. The predicted molar refractivity (Wildman–Crippen MR) is 43.4 cm³/mol. The van der Waals surface area contributed by atoms with E-state index in [-0.39, 0.29) is 17.4 Å². The van der Waals surface area contributed by atoms with Crippen LogP contribution < -0.4 is 0 Å². The molecule has 0 aromatic heterocycles. The van der Waals surface area contributed by atoms with Crippen LogP contribution in [0.5, 0.6) is 0 Å². The number of aliphatic hydroxyl groups excluding tert-OH is 1. The summed E-state index contributed by atoms with van der Waals surface area (Å²) in [6.45, 7) is 4.32. The molecule has 0 aliphatic heterocycles. The normalized spacial score (nSPS) is 65.9. The molecule has 4 fully saturated rings. The number of rotatable bonds is 1. The fourth-order valence-corrected chi connectivity index (χ4v) is 3.96. The lowest BCUT2D eigenvalue weighted by atomic mass is 9.69. The summed E-state index contributed by atoms with van der Waals surface area (Å²) in [6, 6.07) is 0. The third kappa shape index (κ3) is 0.395. The molecule has 0 heterocycles. The van der Waals surface area contributed by atoms with Crippen molar-refractivity contribution < 1.29 is 9.90 Å². The zero-order valence-corrected chi connectivity index (χ0v) is 7.50. The van der Waals surface area contributed by atoms with Crippen LogP contribution in [0.1, 0.15) is 20.3 Å². The molecule has 0 saturated heterocycles. The standard InChI is InChI=1S/C10H14O2/c1-9-3-5-6(8(9)12)7(5)10(9,2)4-11/h5-7,11H,3-4H2,1-2H3/t5?,6?,7-,9+,10-/m0/s1. The van der Waals surface area contributed by atoms with Crippen molar-refractivity contribution in [1.82, 2.24) is 0 Å². The fraction of sp³-hybridized carbons (Fsp3) is 0.900. The Morgan fingerprint density at radius 3 is 2.42 bits per heavy atom. The molecule has 0 radical (unpaired) electrons. The molecule has 4 aliphatic carbocycles. The van der Waals surface area contributed by atoms with Crippen molar-refractivity contribution in [2.24, 2.45) is 28.6 Å². The van der Waals surface area contributed by atoms with Gasteiger partial charge in [-0.2, -0.15) is 0 Å². The van der Waals surface area contributed by atoms with Gasteiger partial charge in [-0.25, -0.2) is 0 Å². The van der Waals surface area contributed by atoms with E-state index in [2.05, 4.69) is 6.92 Å². The second kappa shape index (κ2) is 1.50. The lowest BCUT2D eigenvalue weighted by molar-refractivity contribution is -0.129. The van der Waals surface area contributed by atoms with Crippen LogP contribution in [0.3, 0.4) is 0 Å². The van der Waals surface area contributed by atoms with Gasteiger partial charge in [-0.05, 0) is 18.3 Å². The van der Waals surface area contributed by atoms with Crippen LogP contribution in [-0.4, -0.2) is 17.5 Å². The number of hydrogen-bond acceptors (Lipinski definition) is 2. The molecular weight excluding hydrogens is 152 g/mol. The first-order chi connectivity index (χ1) is 5.56. The number of carbonyl (C=O) groups excluding carboxylic acids is 1. The highest BCUT2D eigenvalue weighted by atomic mass is 16.3. The van der Waals surface area contributed by atoms with Gasteiger partial charge in [0.25, 0.3) is 0 Å². The Kier molecular flexibility index (Phi) is 0.885. The van der Waals surface area contributed by atoms with Gasteiger partial charge in [0.2, 0.25) is 0 Å². The average molecular weight is 166 g/mol. The van der Waals surface area contributed by atoms with E-state index < -0.39 is 0 Å². The Hall–Kier alpha value is -0.370. The number of ketones is 1. The minimum absolute atomic E-state index is 0.0839. The van der Waals surface area contributed by atoms with Gasteiger partial charge < -0.3 is 5.11 Å². The highest BCUT2D eigenvalue weighted by Gasteiger charge is 2.83. The first kappa shape index (κ1) is 7.07. The SMILES string of the molecule is C[C@]1(CO)[C@H]2C3C[C@]1(C)C(=O)C32. The maximum Gasteiger partial charge on any atom is 0.143 e. The monoisotopic (exact) mass is 166 g/mol. The summed E-state index contributed by atoms with van der Waals surface area (Å²) in [6.07, 6.45) is 1.04. The van der Waals surface area contributed by atoms with Gasteiger partial charge in [0.1, 0.15) is 5.78 Å². The molecule has 4 rings (SSSR count). The van der Waals surface area contributed by atoms with Gasteiger partial charge in [0, 0.05) is 23.4 Å². The quantitative estimate of drug-likeness (QED) is 0.626. The molecule has 0 spiro atoms. The summed E-state index contributed by atoms with van der Waals surface area (Å²) in [4.78, 5) is 11.8. The third-order valence-corrected chi connectivity index (χ3v) is 4.98. The van der Waals surface area contributed by atoms with Crippen molar-refractivity contribution >= 4 is 5.78 Å². The van der Waals surface area contributed by atoms with Crippen molar-refractivity contribution in [3.63, 3.8) is 0 Å². The van der Waals surface area contributed by atoms with E-state index in [0.29, 0.717) is 23.5 Å². The van der Waals surface area contributed by atoms with Crippen molar-refractivity contribution in [1.29, 1.82) is 0 Å². The summed E-state index contributed by atoms with van der Waals surface area (Å²) in [5.74, 6) is 1.95. The van der Waals surface area contributed by atoms with Gasteiger partial charge in [-0.1, -0.05) is 13.8 Å². The van der Waals surface area contributed by atoms with Crippen LogP contribution in [0.2, 0.25) is 0 Å². The van der Waals surface area contributed by atoms with Crippen LogP contribution in [-0.2, 0) is 4.79 Å². The Balaban J connectivity index is 2.17. The second-order valence-corrected chi connectivity index (χ2v) is 5.19. The minimum atomic E-state index is -0.179. The molecule has 2 heteroatoms. The van der Waals surface area contributed by atoms with Crippen LogP contribution in [0.15, 0.2) is 0 Å². The first-order valence-corrected chi connectivity index (χ1v) is 4.71. The Morgan fingerprint density at radius 2 is 2.25 bits per heavy atom. The van der Waals surface area contributed by atoms with Crippen molar-refractivity contribution in [3.05, 3.63) is 0 Å². The van der Waals surface area contributed by atoms with Gasteiger partial charge in [-0.3, -0.25) is 4.79 Å². The van der Waals surface area contributed by atoms with E-state index in [9.17, 15) is 9.90 Å². The minimum Gasteiger partial charge on any atom is -0.396 e. The van der Waals surface area contributed by atoms with Crippen LogP contribution in [0.25, 0.3) is 0 Å². The lowest BCUT2D eigenvalue weighted by Crippen LogP contribution is -2.37. The van der Waals surface area contributed by atoms with E-state index in [0.717, 1.165) is 6.42 Å². The zero-order chi connectivity index (χ0) is 8.72. The van der Waals surface area contributed by atoms with Crippen LogP contribution in [0, 0.1) is 28.6 Å². The number of aliphatic hydroxyl groups is 1. The average Bonchev–Trinajstić information content (AvgIpc) is 2.56. The van der Waals surface area contributed by atoms with Crippen molar-refractivity contribution in [2.45, 2.75) is 20.3 Å². The Bertz CT molecular complexity index is 286. The largest absolute Gasteiger partial charge is 0.396 e. The summed E-state index contributed by atoms with van der Waals surface area (Å²) < 4.78 is 0. The van der Waals surface area contributed by atoms with Crippen molar-refractivity contribution in [2.75, 3.05) is 6.61 Å². The number of carbonyl (C=O) groups is 1. The van der Waals surface area contributed by atoms with E-state index in [1.165, 1.54) is 0 Å². The second-order valence-electron chi connectivity index (χ2n) is 5.19. The zero-order valence-electron chi connectivity index (χ0n) is 7.50. The maximum atomic E-state index is 11.8. The van der Waals surface area contributed by atoms with E-state index in [1.807, 2.05) is 6.92 Å².